The number of ether oxygens (including phenoxy) is 1. The smallest absolute Gasteiger partial charge is 0.348 e. The largest absolute Gasteiger partial charge is 0.478 e. The third-order valence-corrected chi connectivity index (χ3v) is 5.49. The molecular formula is C17H29N7O3. The minimum atomic E-state index is -1.12. The van der Waals surface area contributed by atoms with Crippen molar-refractivity contribution in [2.75, 3.05) is 13.1 Å². The van der Waals surface area contributed by atoms with Gasteiger partial charge in [0.05, 0.1) is 19.2 Å². The van der Waals surface area contributed by atoms with Crippen LogP contribution in [0.3, 0.4) is 0 Å². The summed E-state index contributed by atoms with van der Waals surface area (Å²) in [4.78, 5) is 19.6. The summed E-state index contributed by atoms with van der Waals surface area (Å²) in [5.74, 6) is -1.04. The van der Waals surface area contributed by atoms with E-state index in [0.29, 0.717) is 0 Å². The van der Waals surface area contributed by atoms with Crippen molar-refractivity contribution in [3.05, 3.63) is 20.9 Å². The number of carbonyl (C=O) groups is 1. The number of hydrogen-bond donors (Lipinski definition) is 1. The van der Waals surface area contributed by atoms with Gasteiger partial charge in [0.25, 0.3) is 0 Å². The highest BCUT2D eigenvalue weighted by Gasteiger charge is 2.39. The van der Waals surface area contributed by atoms with Gasteiger partial charge in [-0.05, 0) is 36.7 Å². The minimum Gasteiger partial charge on any atom is -0.478 e. The minimum absolute atomic E-state index is 0.0670. The molecule has 10 nitrogen and oxygen atoms in total. The summed E-state index contributed by atoms with van der Waals surface area (Å²) in [5, 5.41) is 16.9. The molecule has 0 radical (unpaired) electrons. The maximum atomic E-state index is 12.1. The monoisotopic (exact) mass is 379 g/mol. The SMILES string of the molecule is [N-]=[N+]=NCC(CN=[N+]=[N-])OC(C(=O)O)N(C1CCCCC1)C1CCCCC1. The van der Waals surface area contributed by atoms with Crippen molar-refractivity contribution in [1.29, 1.82) is 0 Å². The molecule has 1 atom stereocenters. The Labute approximate surface area is 159 Å². The molecule has 0 amide bonds. The van der Waals surface area contributed by atoms with Crippen LogP contribution in [0.1, 0.15) is 64.2 Å². The second-order valence-corrected chi connectivity index (χ2v) is 7.31. The van der Waals surface area contributed by atoms with Gasteiger partial charge in [0.1, 0.15) is 0 Å². The number of aliphatic carboxylic acids is 1. The van der Waals surface area contributed by atoms with Crippen molar-refractivity contribution in [2.45, 2.75) is 88.6 Å². The number of carboxylic acid groups (broad SMARTS) is 1. The molecule has 0 spiro atoms. The van der Waals surface area contributed by atoms with E-state index in [9.17, 15) is 9.90 Å². The molecule has 150 valence electrons. The Hall–Kier alpha value is -1.99. The van der Waals surface area contributed by atoms with Crippen LogP contribution in [-0.4, -0.2) is 53.5 Å². The summed E-state index contributed by atoms with van der Waals surface area (Å²) < 4.78 is 5.88. The molecule has 10 heteroatoms. The van der Waals surface area contributed by atoms with Crippen molar-refractivity contribution in [3.8, 4) is 0 Å². The Bertz CT molecular complexity index is 525. The van der Waals surface area contributed by atoms with Crippen molar-refractivity contribution in [2.24, 2.45) is 10.2 Å². The lowest BCUT2D eigenvalue weighted by Crippen LogP contribution is -2.56. The molecule has 0 bridgehead atoms. The zero-order valence-corrected chi connectivity index (χ0v) is 15.7. The van der Waals surface area contributed by atoms with Crippen LogP contribution in [0.4, 0.5) is 0 Å². The number of rotatable bonds is 10. The molecule has 0 aromatic rings. The predicted molar refractivity (Wildman–Crippen MR) is 99.9 cm³/mol. The summed E-state index contributed by atoms with van der Waals surface area (Å²) in [6.45, 7) is -0.134. The van der Waals surface area contributed by atoms with E-state index in [4.69, 9.17) is 15.8 Å². The topological polar surface area (TPSA) is 147 Å². The van der Waals surface area contributed by atoms with E-state index in [1.807, 2.05) is 0 Å². The molecule has 0 aliphatic heterocycles. The van der Waals surface area contributed by atoms with Gasteiger partial charge < -0.3 is 9.84 Å². The van der Waals surface area contributed by atoms with E-state index < -0.39 is 18.3 Å². The molecule has 0 saturated heterocycles. The maximum Gasteiger partial charge on any atom is 0.348 e. The molecule has 27 heavy (non-hydrogen) atoms. The number of hydrogen-bond acceptors (Lipinski definition) is 5. The van der Waals surface area contributed by atoms with Crippen LogP contribution < -0.4 is 0 Å². The van der Waals surface area contributed by atoms with E-state index in [-0.39, 0.29) is 25.2 Å². The van der Waals surface area contributed by atoms with E-state index >= 15 is 0 Å². The highest BCUT2D eigenvalue weighted by atomic mass is 16.5. The Morgan fingerprint density at radius 2 is 1.41 bits per heavy atom. The number of carboxylic acids is 1. The van der Waals surface area contributed by atoms with E-state index in [1.165, 1.54) is 12.8 Å². The lowest BCUT2D eigenvalue weighted by Gasteiger charge is -2.44. The lowest BCUT2D eigenvalue weighted by molar-refractivity contribution is -0.183. The molecular weight excluding hydrogens is 350 g/mol. The van der Waals surface area contributed by atoms with Gasteiger partial charge in [-0.25, -0.2) is 4.79 Å². The Balaban J connectivity index is 2.22. The Morgan fingerprint density at radius 3 is 1.78 bits per heavy atom. The summed E-state index contributed by atoms with van der Waals surface area (Å²) in [6, 6.07) is 0.366. The van der Waals surface area contributed by atoms with Crippen LogP contribution in [0.15, 0.2) is 10.2 Å². The van der Waals surface area contributed by atoms with Crippen LogP contribution in [0.25, 0.3) is 20.9 Å². The molecule has 0 aromatic carbocycles. The fourth-order valence-electron chi connectivity index (χ4n) is 4.28. The van der Waals surface area contributed by atoms with Gasteiger partial charge in [-0.1, -0.05) is 48.8 Å². The molecule has 0 heterocycles. The second kappa shape index (κ2) is 11.7. The summed E-state index contributed by atoms with van der Waals surface area (Å²) in [7, 11) is 0. The van der Waals surface area contributed by atoms with Gasteiger partial charge in [0, 0.05) is 21.9 Å². The van der Waals surface area contributed by atoms with Crippen molar-refractivity contribution >= 4 is 5.97 Å². The summed E-state index contributed by atoms with van der Waals surface area (Å²) >= 11 is 0. The molecule has 2 rings (SSSR count). The van der Waals surface area contributed by atoms with Crippen LogP contribution in [-0.2, 0) is 9.53 Å². The number of nitrogens with zero attached hydrogens (tertiary/aromatic N) is 7. The van der Waals surface area contributed by atoms with Crippen molar-refractivity contribution in [1.82, 2.24) is 4.90 Å². The number of azide groups is 2. The maximum absolute atomic E-state index is 12.1. The van der Waals surface area contributed by atoms with Gasteiger partial charge in [-0.15, -0.1) is 0 Å². The van der Waals surface area contributed by atoms with Gasteiger partial charge >= 0.3 is 5.97 Å². The first kappa shape index (κ1) is 21.3. The average Bonchev–Trinajstić information content (AvgIpc) is 2.70. The zero-order chi connectivity index (χ0) is 19.5. The van der Waals surface area contributed by atoms with Gasteiger partial charge in [-0.3, -0.25) is 4.90 Å². The fourth-order valence-corrected chi connectivity index (χ4v) is 4.28. The summed E-state index contributed by atoms with van der Waals surface area (Å²) in [6.07, 6.45) is 8.78. The van der Waals surface area contributed by atoms with Crippen LogP contribution in [0.2, 0.25) is 0 Å². The molecule has 1 N–H and O–H groups in total. The van der Waals surface area contributed by atoms with E-state index in [2.05, 4.69) is 25.0 Å². The first-order chi connectivity index (χ1) is 13.2. The lowest BCUT2D eigenvalue weighted by atomic mass is 9.88. The second-order valence-electron chi connectivity index (χ2n) is 7.31. The molecule has 2 aliphatic rings. The molecule has 0 aromatic heterocycles. The van der Waals surface area contributed by atoms with Crippen LogP contribution >= 0.6 is 0 Å². The predicted octanol–water partition coefficient (Wildman–Crippen LogP) is 4.37. The fraction of sp³-hybridized carbons (Fsp3) is 0.941. The third-order valence-electron chi connectivity index (χ3n) is 5.49. The van der Waals surface area contributed by atoms with Gasteiger partial charge in [0.2, 0.25) is 6.23 Å². The van der Waals surface area contributed by atoms with Crippen molar-refractivity contribution < 1.29 is 14.6 Å². The quantitative estimate of drug-likeness (QED) is 0.259. The van der Waals surface area contributed by atoms with Gasteiger partial charge in [-0.2, -0.15) is 0 Å². The van der Waals surface area contributed by atoms with Gasteiger partial charge in [0.15, 0.2) is 0 Å². The highest BCUT2D eigenvalue weighted by Crippen LogP contribution is 2.32. The first-order valence-electron chi connectivity index (χ1n) is 9.84. The third kappa shape index (κ3) is 6.59. The van der Waals surface area contributed by atoms with E-state index in [0.717, 1.165) is 51.4 Å². The molecule has 2 saturated carbocycles. The molecule has 2 fully saturated rings. The normalized spacial score (nSPS) is 21.1. The van der Waals surface area contributed by atoms with Crippen LogP contribution in [0.5, 0.6) is 0 Å². The Morgan fingerprint density at radius 1 is 0.963 bits per heavy atom. The summed E-state index contributed by atoms with van der Waals surface area (Å²) in [5.41, 5.74) is 17.1. The van der Waals surface area contributed by atoms with Crippen LogP contribution in [0, 0.1) is 0 Å². The molecule has 2 aliphatic carbocycles. The average molecular weight is 379 g/mol. The first-order valence-corrected chi connectivity index (χ1v) is 9.84. The Kier molecular flexibility index (Phi) is 9.21. The van der Waals surface area contributed by atoms with Crippen molar-refractivity contribution in [3.63, 3.8) is 0 Å². The van der Waals surface area contributed by atoms with E-state index in [1.54, 1.807) is 0 Å². The zero-order valence-electron chi connectivity index (χ0n) is 15.7. The highest BCUT2D eigenvalue weighted by molar-refractivity contribution is 5.72. The molecule has 1 unspecified atom stereocenters. The standard InChI is InChI=1S/C17H29N7O3/c18-22-20-11-15(12-21-23-19)27-16(17(25)26)24(13-7-3-1-4-8-13)14-9-5-2-6-10-14/h13-16H,1-12H2,(H,25,26).